The first-order valence-corrected chi connectivity index (χ1v) is 6.91. The SMILES string of the molecule is CC(CSc1cc2c(cc1[N+](=O)[O-])OCCO2)C(=O)O. The summed E-state index contributed by atoms with van der Waals surface area (Å²) >= 11 is 1.13. The number of fused-ring (bicyclic) bond motifs is 1. The third kappa shape index (κ3) is 3.13. The zero-order valence-electron chi connectivity index (χ0n) is 10.7. The predicted molar refractivity (Wildman–Crippen MR) is 71.6 cm³/mol. The lowest BCUT2D eigenvalue weighted by molar-refractivity contribution is -0.387. The third-order valence-corrected chi connectivity index (χ3v) is 4.04. The first-order valence-electron chi connectivity index (χ1n) is 5.92. The van der Waals surface area contributed by atoms with Crippen LogP contribution in [0.15, 0.2) is 17.0 Å². The molecular weight excluding hydrogens is 286 g/mol. The number of carboxylic acid groups (broad SMARTS) is 1. The maximum atomic E-state index is 11.1. The van der Waals surface area contributed by atoms with Crippen LogP contribution in [0.4, 0.5) is 5.69 Å². The smallest absolute Gasteiger partial charge is 0.307 e. The molecule has 8 heteroatoms. The third-order valence-electron chi connectivity index (χ3n) is 2.73. The summed E-state index contributed by atoms with van der Waals surface area (Å²) in [5.41, 5.74) is -0.100. The quantitative estimate of drug-likeness (QED) is 0.505. The second-order valence-electron chi connectivity index (χ2n) is 4.27. The second-order valence-corrected chi connectivity index (χ2v) is 5.33. The van der Waals surface area contributed by atoms with Crippen molar-refractivity contribution in [1.29, 1.82) is 0 Å². The van der Waals surface area contributed by atoms with Crippen molar-refractivity contribution in [1.82, 2.24) is 0 Å². The highest BCUT2D eigenvalue weighted by atomic mass is 32.2. The summed E-state index contributed by atoms with van der Waals surface area (Å²) in [5.74, 6) is -0.480. The lowest BCUT2D eigenvalue weighted by Crippen LogP contribution is -2.16. The van der Waals surface area contributed by atoms with Crippen molar-refractivity contribution in [2.24, 2.45) is 5.92 Å². The molecule has 1 heterocycles. The molecular formula is C12H13NO6S. The van der Waals surface area contributed by atoms with E-state index < -0.39 is 16.8 Å². The summed E-state index contributed by atoms with van der Waals surface area (Å²) in [6, 6.07) is 2.86. The van der Waals surface area contributed by atoms with Crippen LogP contribution in [0.5, 0.6) is 11.5 Å². The molecule has 20 heavy (non-hydrogen) atoms. The molecule has 0 amide bonds. The van der Waals surface area contributed by atoms with Gasteiger partial charge in [0, 0.05) is 11.8 Å². The van der Waals surface area contributed by atoms with E-state index in [2.05, 4.69) is 0 Å². The fourth-order valence-electron chi connectivity index (χ4n) is 1.60. The van der Waals surface area contributed by atoms with Crippen LogP contribution in [-0.4, -0.2) is 35.0 Å². The van der Waals surface area contributed by atoms with Gasteiger partial charge in [0.25, 0.3) is 5.69 Å². The first kappa shape index (κ1) is 14.4. The number of ether oxygens (including phenoxy) is 2. The maximum absolute atomic E-state index is 11.1. The summed E-state index contributed by atoms with van der Waals surface area (Å²) in [4.78, 5) is 21.7. The monoisotopic (exact) mass is 299 g/mol. The van der Waals surface area contributed by atoms with Gasteiger partial charge in [0.2, 0.25) is 0 Å². The Morgan fingerprint density at radius 3 is 2.60 bits per heavy atom. The Morgan fingerprint density at radius 2 is 2.05 bits per heavy atom. The highest BCUT2D eigenvalue weighted by Crippen LogP contribution is 2.41. The normalized spacial score (nSPS) is 14.7. The van der Waals surface area contributed by atoms with Gasteiger partial charge in [-0.25, -0.2) is 0 Å². The topological polar surface area (TPSA) is 98.9 Å². The van der Waals surface area contributed by atoms with Gasteiger partial charge < -0.3 is 14.6 Å². The average Bonchev–Trinajstić information content (AvgIpc) is 2.43. The Labute approximate surface area is 119 Å². The molecule has 1 N–H and O–H groups in total. The van der Waals surface area contributed by atoms with Gasteiger partial charge in [-0.2, -0.15) is 0 Å². The summed E-state index contributed by atoms with van der Waals surface area (Å²) in [5, 5.41) is 19.9. The predicted octanol–water partition coefficient (Wildman–Crippen LogP) is 2.18. The van der Waals surface area contributed by atoms with E-state index >= 15 is 0 Å². The molecule has 1 atom stereocenters. The van der Waals surface area contributed by atoms with Gasteiger partial charge in [-0.15, -0.1) is 11.8 Å². The average molecular weight is 299 g/mol. The highest BCUT2D eigenvalue weighted by molar-refractivity contribution is 7.99. The molecule has 0 aliphatic carbocycles. The number of hydrogen-bond acceptors (Lipinski definition) is 6. The van der Waals surface area contributed by atoms with Gasteiger partial charge in [-0.1, -0.05) is 6.92 Å². The van der Waals surface area contributed by atoms with Gasteiger partial charge in [0.1, 0.15) is 13.2 Å². The van der Waals surface area contributed by atoms with E-state index in [1.54, 1.807) is 6.92 Å². The number of carboxylic acids is 1. The molecule has 108 valence electrons. The minimum atomic E-state index is -0.933. The molecule has 0 radical (unpaired) electrons. The Balaban J connectivity index is 2.25. The standard InChI is InChI=1S/C12H13NO6S/c1-7(12(14)15)6-20-11-5-10-9(18-2-3-19-10)4-8(11)13(16)17/h4-5,7H,2-3,6H2,1H3,(H,14,15). The number of nitrogens with zero attached hydrogens (tertiary/aromatic N) is 1. The molecule has 1 aliphatic heterocycles. The summed E-state index contributed by atoms with van der Waals surface area (Å²) in [7, 11) is 0. The fourth-order valence-corrected chi connectivity index (χ4v) is 2.65. The van der Waals surface area contributed by atoms with Crippen molar-refractivity contribution in [2.45, 2.75) is 11.8 Å². The summed E-state index contributed by atoms with van der Waals surface area (Å²) < 4.78 is 10.7. The lowest BCUT2D eigenvalue weighted by Gasteiger charge is -2.19. The highest BCUT2D eigenvalue weighted by Gasteiger charge is 2.23. The van der Waals surface area contributed by atoms with Gasteiger partial charge in [-0.3, -0.25) is 14.9 Å². The van der Waals surface area contributed by atoms with Crippen LogP contribution in [0.1, 0.15) is 6.92 Å². The molecule has 7 nitrogen and oxygen atoms in total. The Morgan fingerprint density at radius 1 is 1.45 bits per heavy atom. The summed E-state index contributed by atoms with van der Waals surface area (Å²) in [6.07, 6.45) is 0. The second kappa shape index (κ2) is 6.00. The molecule has 0 bridgehead atoms. The van der Waals surface area contributed by atoms with Crippen LogP contribution < -0.4 is 9.47 Å². The number of nitro groups is 1. The number of hydrogen-bond donors (Lipinski definition) is 1. The van der Waals surface area contributed by atoms with Gasteiger partial charge in [0.15, 0.2) is 11.5 Å². The largest absolute Gasteiger partial charge is 0.486 e. The maximum Gasteiger partial charge on any atom is 0.307 e. The molecule has 1 aromatic carbocycles. The zero-order chi connectivity index (χ0) is 14.7. The van der Waals surface area contributed by atoms with Crippen LogP contribution in [0.2, 0.25) is 0 Å². The van der Waals surface area contributed by atoms with E-state index in [4.69, 9.17) is 14.6 Å². The van der Waals surface area contributed by atoms with Crippen molar-refractivity contribution in [3.63, 3.8) is 0 Å². The van der Waals surface area contributed by atoms with E-state index in [-0.39, 0.29) is 11.4 Å². The van der Waals surface area contributed by atoms with Crippen molar-refractivity contribution in [2.75, 3.05) is 19.0 Å². The number of nitro benzene ring substituents is 1. The zero-order valence-corrected chi connectivity index (χ0v) is 11.5. The number of thioether (sulfide) groups is 1. The van der Waals surface area contributed by atoms with E-state index in [1.807, 2.05) is 0 Å². The lowest BCUT2D eigenvalue weighted by atomic mass is 10.2. The number of carbonyl (C=O) groups is 1. The van der Waals surface area contributed by atoms with Gasteiger partial charge in [0.05, 0.1) is 21.8 Å². The summed E-state index contributed by atoms with van der Waals surface area (Å²) in [6.45, 7) is 2.30. The van der Waals surface area contributed by atoms with Gasteiger partial charge in [-0.05, 0) is 0 Å². The van der Waals surface area contributed by atoms with Crippen molar-refractivity contribution in [3.8, 4) is 11.5 Å². The minimum absolute atomic E-state index is 0.100. The van der Waals surface area contributed by atoms with E-state index in [1.165, 1.54) is 12.1 Å². The molecule has 2 rings (SSSR count). The molecule has 0 saturated heterocycles. The van der Waals surface area contributed by atoms with Crippen LogP contribution in [0.25, 0.3) is 0 Å². The van der Waals surface area contributed by atoms with Crippen molar-refractivity contribution in [3.05, 3.63) is 22.2 Å². The fraction of sp³-hybridized carbons (Fsp3) is 0.417. The molecule has 0 aromatic heterocycles. The van der Waals surface area contributed by atoms with Crippen LogP contribution in [0, 0.1) is 16.0 Å². The first-order chi connectivity index (χ1) is 9.49. The van der Waals surface area contributed by atoms with E-state index in [9.17, 15) is 14.9 Å². The van der Waals surface area contributed by atoms with Crippen LogP contribution in [0.3, 0.4) is 0 Å². The van der Waals surface area contributed by atoms with Crippen LogP contribution >= 0.6 is 11.8 Å². The Bertz CT molecular complexity index is 547. The Kier molecular flexibility index (Phi) is 4.33. The van der Waals surface area contributed by atoms with E-state index in [0.29, 0.717) is 29.6 Å². The molecule has 0 saturated carbocycles. The molecule has 1 aromatic rings. The van der Waals surface area contributed by atoms with Crippen molar-refractivity contribution < 1.29 is 24.3 Å². The molecule has 0 spiro atoms. The van der Waals surface area contributed by atoms with E-state index in [0.717, 1.165) is 11.8 Å². The molecule has 0 fully saturated rings. The number of aliphatic carboxylic acids is 1. The number of rotatable bonds is 5. The Hall–Kier alpha value is -1.96. The number of benzene rings is 1. The van der Waals surface area contributed by atoms with Crippen LogP contribution in [-0.2, 0) is 4.79 Å². The molecule has 1 aliphatic rings. The van der Waals surface area contributed by atoms with Gasteiger partial charge >= 0.3 is 5.97 Å². The molecule has 1 unspecified atom stereocenters. The minimum Gasteiger partial charge on any atom is -0.486 e. The van der Waals surface area contributed by atoms with Crippen molar-refractivity contribution >= 4 is 23.4 Å².